The molecule has 1 atom stereocenters. The highest BCUT2D eigenvalue weighted by molar-refractivity contribution is 7.18. The van der Waals surface area contributed by atoms with Gasteiger partial charge in [0.15, 0.2) is 0 Å². The molecule has 8 heteroatoms. The number of hydrazone groups is 1. The SMILES string of the molecule is COc1ccc(/C=N\NC(=O)[C@@H](C)n2cnc3sc4c(c3c2=O)CCCC4)cc1. The molecule has 0 radical (unpaired) electrons. The quantitative estimate of drug-likeness (QED) is 0.517. The number of amides is 1. The Morgan fingerprint density at radius 2 is 2.07 bits per heavy atom. The number of fused-ring (bicyclic) bond motifs is 3. The van der Waals surface area contributed by atoms with Crippen molar-refractivity contribution in [2.45, 2.75) is 38.6 Å². The molecule has 0 saturated carbocycles. The van der Waals surface area contributed by atoms with Gasteiger partial charge in [0.1, 0.15) is 16.6 Å². The molecule has 1 aliphatic carbocycles. The first-order valence-electron chi connectivity index (χ1n) is 9.57. The normalized spacial score (nSPS) is 14.7. The number of hydrogen-bond acceptors (Lipinski definition) is 6. The van der Waals surface area contributed by atoms with Gasteiger partial charge in [0.2, 0.25) is 0 Å². The first kappa shape index (κ1) is 19.3. The molecular weight excluding hydrogens is 388 g/mol. The molecule has 0 fully saturated rings. The van der Waals surface area contributed by atoms with Crippen LogP contribution in [0.5, 0.6) is 5.75 Å². The second kappa shape index (κ2) is 8.16. The minimum absolute atomic E-state index is 0.156. The molecule has 4 rings (SSSR count). The highest BCUT2D eigenvalue weighted by Crippen LogP contribution is 2.33. The minimum Gasteiger partial charge on any atom is -0.497 e. The molecule has 1 aromatic carbocycles. The van der Waals surface area contributed by atoms with E-state index < -0.39 is 6.04 Å². The topological polar surface area (TPSA) is 85.6 Å². The number of methoxy groups -OCH3 is 1. The van der Waals surface area contributed by atoms with Crippen molar-refractivity contribution in [3.63, 3.8) is 0 Å². The number of aromatic nitrogens is 2. The van der Waals surface area contributed by atoms with E-state index in [1.165, 1.54) is 15.8 Å². The van der Waals surface area contributed by atoms with E-state index in [1.54, 1.807) is 31.6 Å². The van der Waals surface area contributed by atoms with Crippen molar-refractivity contribution in [2.24, 2.45) is 5.10 Å². The van der Waals surface area contributed by atoms with E-state index in [1.807, 2.05) is 24.3 Å². The van der Waals surface area contributed by atoms with Gasteiger partial charge in [-0.15, -0.1) is 11.3 Å². The minimum atomic E-state index is -0.716. The lowest BCUT2D eigenvalue weighted by Crippen LogP contribution is -2.34. The van der Waals surface area contributed by atoms with Gasteiger partial charge in [-0.2, -0.15) is 5.10 Å². The van der Waals surface area contributed by atoms with Gasteiger partial charge < -0.3 is 4.74 Å². The molecule has 1 aliphatic rings. The largest absolute Gasteiger partial charge is 0.497 e. The third-order valence-electron chi connectivity index (χ3n) is 5.20. The van der Waals surface area contributed by atoms with Crippen molar-refractivity contribution in [1.82, 2.24) is 15.0 Å². The third kappa shape index (κ3) is 3.80. The molecule has 1 amide bonds. The van der Waals surface area contributed by atoms with Crippen LogP contribution in [0.15, 0.2) is 40.5 Å². The Balaban J connectivity index is 1.52. The first-order chi connectivity index (χ1) is 14.1. The van der Waals surface area contributed by atoms with Gasteiger partial charge in [0, 0.05) is 4.88 Å². The highest BCUT2D eigenvalue weighted by atomic mass is 32.1. The van der Waals surface area contributed by atoms with Crippen molar-refractivity contribution < 1.29 is 9.53 Å². The van der Waals surface area contributed by atoms with Gasteiger partial charge in [-0.25, -0.2) is 10.4 Å². The summed E-state index contributed by atoms with van der Waals surface area (Å²) in [5.41, 5.74) is 4.29. The average molecular weight is 410 g/mol. The Labute approximate surface area is 172 Å². The number of nitrogens with one attached hydrogen (secondary N) is 1. The summed E-state index contributed by atoms with van der Waals surface area (Å²) in [6, 6.07) is 6.58. The second-order valence-corrected chi connectivity index (χ2v) is 8.12. The number of ether oxygens (including phenoxy) is 1. The fourth-order valence-electron chi connectivity index (χ4n) is 3.52. The van der Waals surface area contributed by atoms with E-state index in [0.29, 0.717) is 5.39 Å². The van der Waals surface area contributed by atoms with Gasteiger partial charge in [-0.05, 0) is 68.0 Å². The number of nitrogens with zero attached hydrogens (tertiary/aromatic N) is 3. The monoisotopic (exact) mass is 410 g/mol. The third-order valence-corrected chi connectivity index (χ3v) is 6.40. The molecule has 29 heavy (non-hydrogen) atoms. The fraction of sp³-hybridized carbons (Fsp3) is 0.333. The highest BCUT2D eigenvalue weighted by Gasteiger charge is 2.23. The Bertz CT molecular complexity index is 1130. The predicted molar refractivity (Wildman–Crippen MR) is 114 cm³/mol. The van der Waals surface area contributed by atoms with Gasteiger partial charge in [-0.3, -0.25) is 14.2 Å². The van der Waals surface area contributed by atoms with Crippen LogP contribution in [0.2, 0.25) is 0 Å². The standard InChI is InChI=1S/C21H22N4O3S/c1-13(19(26)24-23-11-14-7-9-15(28-2)10-8-14)25-12-22-20-18(21(25)27)16-5-3-4-6-17(16)29-20/h7-13H,3-6H2,1-2H3,(H,24,26)/b23-11-/t13-/m1/s1. The average Bonchev–Trinajstić information content (AvgIpc) is 3.13. The van der Waals surface area contributed by atoms with Crippen molar-refractivity contribution in [1.29, 1.82) is 0 Å². The number of benzene rings is 1. The van der Waals surface area contributed by atoms with Crippen LogP contribution < -0.4 is 15.7 Å². The summed E-state index contributed by atoms with van der Waals surface area (Å²) in [5.74, 6) is 0.375. The lowest BCUT2D eigenvalue weighted by Gasteiger charge is -2.14. The van der Waals surface area contributed by atoms with Crippen LogP contribution in [0.3, 0.4) is 0 Å². The Morgan fingerprint density at radius 3 is 2.83 bits per heavy atom. The molecule has 0 bridgehead atoms. The Morgan fingerprint density at radius 1 is 1.31 bits per heavy atom. The van der Waals surface area contributed by atoms with E-state index in [2.05, 4.69) is 15.5 Å². The van der Waals surface area contributed by atoms with Crippen molar-refractivity contribution in [3.05, 3.63) is 57.0 Å². The molecule has 1 N–H and O–H groups in total. The number of carbonyl (C=O) groups is 1. The van der Waals surface area contributed by atoms with E-state index in [-0.39, 0.29) is 11.5 Å². The zero-order valence-corrected chi connectivity index (χ0v) is 17.2. The van der Waals surface area contributed by atoms with Crippen LogP contribution in [-0.2, 0) is 17.6 Å². The molecule has 7 nitrogen and oxygen atoms in total. The lowest BCUT2D eigenvalue weighted by atomic mass is 9.97. The van der Waals surface area contributed by atoms with Gasteiger partial charge in [0.05, 0.1) is 25.0 Å². The lowest BCUT2D eigenvalue weighted by molar-refractivity contribution is -0.123. The Kier molecular flexibility index (Phi) is 5.44. The molecule has 0 saturated heterocycles. The van der Waals surface area contributed by atoms with Gasteiger partial charge in [-0.1, -0.05) is 0 Å². The maximum atomic E-state index is 13.1. The summed E-state index contributed by atoms with van der Waals surface area (Å²) in [6.45, 7) is 1.67. The van der Waals surface area contributed by atoms with Crippen LogP contribution in [0, 0.1) is 0 Å². The molecule has 0 spiro atoms. The maximum Gasteiger partial charge on any atom is 0.263 e. The summed E-state index contributed by atoms with van der Waals surface area (Å²) >= 11 is 1.60. The summed E-state index contributed by atoms with van der Waals surface area (Å²) in [5, 5.41) is 4.67. The Hall–Kier alpha value is -3.00. The molecule has 3 aromatic rings. The molecule has 150 valence electrons. The number of hydrogen-bond donors (Lipinski definition) is 1. The number of rotatable bonds is 5. The van der Waals surface area contributed by atoms with Crippen molar-refractivity contribution in [2.75, 3.05) is 7.11 Å². The van der Waals surface area contributed by atoms with Crippen LogP contribution in [-0.4, -0.2) is 28.8 Å². The van der Waals surface area contributed by atoms with E-state index in [9.17, 15) is 9.59 Å². The summed E-state index contributed by atoms with van der Waals surface area (Å²) < 4.78 is 6.50. The number of aryl methyl sites for hydroxylation is 2. The molecule has 2 aromatic heterocycles. The van der Waals surface area contributed by atoms with Gasteiger partial charge >= 0.3 is 0 Å². The number of carbonyl (C=O) groups excluding carboxylic acids is 1. The smallest absolute Gasteiger partial charge is 0.263 e. The molecular formula is C21H22N4O3S. The van der Waals surface area contributed by atoms with Gasteiger partial charge in [0.25, 0.3) is 11.5 Å². The summed E-state index contributed by atoms with van der Waals surface area (Å²) in [7, 11) is 1.60. The van der Waals surface area contributed by atoms with Crippen LogP contribution >= 0.6 is 11.3 Å². The molecule has 0 unspecified atom stereocenters. The zero-order chi connectivity index (χ0) is 20.4. The summed E-state index contributed by atoms with van der Waals surface area (Å²) in [6.07, 6.45) is 7.16. The predicted octanol–water partition coefficient (Wildman–Crippen LogP) is 3.06. The van der Waals surface area contributed by atoms with E-state index in [0.717, 1.165) is 47.4 Å². The van der Waals surface area contributed by atoms with Crippen LogP contribution in [0.25, 0.3) is 10.2 Å². The number of thiophene rings is 1. The zero-order valence-electron chi connectivity index (χ0n) is 16.3. The van der Waals surface area contributed by atoms with Crippen LogP contribution in [0.1, 0.15) is 41.8 Å². The second-order valence-electron chi connectivity index (χ2n) is 7.03. The molecule has 0 aliphatic heterocycles. The fourth-order valence-corrected chi connectivity index (χ4v) is 4.73. The van der Waals surface area contributed by atoms with E-state index >= 15 is 0 Å². The van der Waals surface area contributed by atoms with Crippen LogP contribution in [0.4, 0.5) is 0 Å². The summed E-state index contributed by atoms with van der Waals surface area (Å²) in [4.78, 5) is 32.1. The van der Waals surface area contributed by atoms with E-state index in [4.69, 9.17) is 4.74 Å². The molecule has 2 heterocycles. The van der Waals surface area contributed by atoms with Crippen molar-refractivity contribution >= 4 is 33.7 Å². The van der Waals surface area contributed by atoms with Crippen molar-refractivity contribution in [3.8, 4) is 5.75 Å². The first-order valence-corrected chi connectivity index (χ1v) is 10.4. The maximum absolute atomic E-state index is 13.1.